The summed E-state index contributed by atoms with van der Waals surface area (Å²) in [6.45, 7) is 1.94. The Bertz CT molecular complexity index is 735. The Balaban J connectivity index is 1.94. The van der Waals surface area contributed by atoms with Gasteiger partial charge < -0.3 is 0 Å². The SMILES string of the molecule is Cc1cccc(N2NC(=O)/C(=C/c3ccccc3)C2=O)c1. The average molecular weight is 278 g/mol. The van der Waals surface area contributed by atoms with Crippen LogP contribution in [0.3, 0.4) is 0 Å². The smallest absolute Gasteiger partial charge is 0.267 e. The van der Waals surface area contributed by atoms with Gasteiger partial charge in [-0.3, -0.25) is 15.0 Å². The highest BCUT2D eigenvalue weighted by Gasteiger charge is 2.34. The van der Waals surface area contributed by atoms with E-state index in [-0.39, 0.29) is 17.4 Å². The Labute approximate surface area is 122 Å². The number of rotatable bonds is 2. The van der Waals surface area contributed by atoms with Gasteiger partial charge in [0.25, 0.3) is 11.8 Å². The highest BCUT2D eigenvalue weighted by Crippen LogP contribution is 2.22. The van der Waals surface area contributed by atoms with Gasteiger partial charge in [-0.25, -0.2) is 5.01 Å². The highest BCUT2D eigenvalue weighted by atomic mass is 16.2. The zero-order chi connectivity index (χ0) is 14.8. The number of benzene rings is 2. The molecule has 1 N–H and O–H groups in total. The lowest BCUT2D eigenvalue weighted by atomic mass is 10.1. The number of carbonyl (C=O) groups excluding carboxylic acids is 2. The number of amides is 2. The Morgan fingerprint density at radius 3 is 2.48 bits per heavy atom. The number of hydrazine groups is 1. The summed E-state index contributed by atoms with van der Waals surface area (Å²) >= 11 is 0. The van der Waals surface area contributed by atoms with Gasteiger partial charge in [0.2, 0.25) is 0 Å². The molecule has 0 aromatic heterocycles. The molecular weight excluding hydrogens is 264 g/mol. The fourth-order valence-electron chi connectivity index (χ4n) is 2.22. The van der Waals surface area contributed by atoms with Gasteiger partial charge in [0.1, 0.15) is 5.57 Å². The van der Waals surface area contributed by atoms with Crippen molar-refractivity contribution in [3.63, 3.8) is 0 Å². The van der Waals surface area contributed by atoms with Crippen LogP contribution in [0.5, 0.6) is 0 Å². The number of nitrogens with zero attached hydrogens (tertiary/aromatic N) is 1. The van der Waals surface area contributed by atoms with Crippen LogP contribution < -0.4 is 10.4 Å². The van der Waals surface area contributed by atoms with Crippen LogP contribution in [0.2, 0.25) is 0 Å². The number of nitrogens with one attached hydrogen (secondary N) is 1. The minimum Gasteiger partial charge on any atom is -0.267 e. The number of hydrogen-bond donors (Lipinski definition) is 1. The minimum absolute atomic E-state index is 0.141. The van der Waals surface area contributed by atoms with E-state index in [1.807, 2.05) is 55.5 Å². The van der Waals surface area contributed by atoms with Crippen molar-refractivity contribution in [3.8, 4) is 0 Å². The Hall–Kier alpha value is -2.88. The summed E-state index contributed by atoms with van der Waals surface area (Å²) in [7, 11) is 0. The Morgan fingerprint density at radius 1 is 1.00 bits per heavy atom. The van der Waals surface area contributed by atoms with Crippen LogP contribution in [0.15, 0.2) is 60.2 Å². The van der Waals surface area contributed by atoms with Gasteiger partial charge in [0.15, 0.2) is 0 Å². The molecule has 1 aliphatic rings. The monoisotopic (exact) mass is 278 g/mol. The van der Waals surface area contributed by atoms with Crippen LogP contribution in [-0.4, -0.2) is 11.8 Å². The Morgan fingerprint density at radius 2 is 1.76 bits per heavy atom. The summed E-state index contributed by atoms with van der Waals surface area (Å²) in [5.41, 5.74) is 5.24. The lowest BCUT2D eigenvalue weighted by Crippen LogP contribution is -2.35. The zero-order valence-electron chi connectivity index (χ0n) is 11.5. The van der Waals surface area contributed by atoms with Crippen LogP contribution in [0.4, 0.5) is 5.69 Å². The topological polar surface area (TPSA) is 49.4 Å². The van der Waals surface area contributed by atoms with Crippen LogP contribution >= 0.6 is 0 Å². The van der Waals surface area contributed by atoms with E-state index in [9.17, 15) is 9.59 Å². The third kappa shape index (κ3) is 2.56. The molecule has 4 nitrogen and oxygen atoms in total. The van der Waals surface area contributed by atoms with Crippen LogP contribution in [0.1, 0.15) is 11.1 Å². The molecule has 0 atom stereocenters. The first kappa shape index (κ1) is 13.1. The fraction of sp³-hybridized carbons (Fsp3) is 0.0588. The first-order valence-electron chi connectivity index (χ1n) is 6.64. The van der Waals surface area contributed by atoms with Gasteiger partial charge in [-0.1, -0.05) is 42.5 Å². The van der Waals surface area contributed by atoms with Crippen molar-refractivity contribution in [2.75, 3.05) is 5.01 Å². The molecular formula is C17H14N2O2. The Kier molecular flexibility index (Phi) is 3.28. The van der Waals surface area contributed by atoms with Crippen molar-refractivity contribution >= 4 is 23.6 Å². The zero-order valence-corrected chi connectivity index (χ0v) is 11.5. The third-order valence-electron chi connectivity index (χ3n) is 3.26. The lowest BCUT2D eigenvalue weighted by molar-refractivity contribution is -0.117. The molecule has 0 radical (unpaired) electrons. The summed E-state index contributed by atoms with van der Waals surface area (Å²) in [5, 5.41) is 1.28. The number of anilines is 1. The summed E-state index contributed by atoms with van der Waals surface area (Å²) in [5.74, 6) is -0.722. The molecule has 0 aliphatic carbocycles. The number of hydrogen-bond acceptors (Lipinski definition) is 2. The molecule has 1 heterocycles. The summed E-state index contributed by atoms with van der Waals surface area (Å²) in [6, 6.07) is 16.7. The van der Waals surface area contributed by atoms with Crippen molar-refractivity contribution in [2.24, 2.45) is 0 Å². The molecule has 1 saturated heterocycles. The van der Waals surface area contributed by atoms with E-state index in [0.29, 0.717) is 5.69 Å². The maximum Gasteiger partial charge on any atom is 0.282 e. The van der Waals surface area contributed by atoms with Gasteiger partial charge in [-0.2, -0.15) is 0 Å². The van der Waals surface area contributed by atoms with Gasteiger partial charge in [0, 0.05) is 0 Å². The van der Waals surface area contributed by atoms with E-state index in [2.05, 4.69) is 5.43 Å². The highest BCUT2D eigenvalue weighted by molar-refractivity contribution is 6.31. The van der Waals surface area contributed by atoms with Crippen LogP contribution in [0, 0.1) is 6.92 Å². The van der Waals surface area contributed by atoms with Crippen molar-refractivity contribution in [2.45, 2.75) is 6.92 Å². The molecule has 3 rings (SSSR count). The van der Waals surface area contributed by atoms with Crippen LogP contribution in [-0.2, 0) is 9.59 Å². The first-order valence-corrected chi connectivity index (χ1v) is 6.64. The second kappa shape index (κ2) is 5.25. The van der Waals surface area contributed by atoms with E-state index >= 15 is 0 Å². The molecule has 2 aromatic rings. The molecule has 0 saturated carbocycles. The van der Waals surface area contributed by atoms with Crippen molar-refractivity contribution in [1.29, 1.82) is 0 Å². The molecule has 0 bridgehead atoms. The molecule has 2 aromatic carbocycles. The summed E-state index contributed by atoms with van der Waals surface area (Å²) < 4.78 is 0. The normalized spacial score (nSPS) is 16.4. The van der Waals surface area contributed by atoms with E-state index in [1.165, 1.54) is 5.01 Å². The quantitative estimate of drug-likeness (QED) is 0.677. The van der Waals surface area contributed by atoms with Gasteiger partial charge >= 0.3 is 0 Å². The van der Waals surface area contributed by atoms with Gasteiger partial charge in [0.05, 0.1) is 5.69 Å². The minimum atomic E-state index is -0.384. The van der Waals surface area contributed by atoms with E-state index < -0.39 is 0 Å². The largest absolute Gasteiger partial charge is 0.282 e. The molecule has 1 aliphatic heterocycles. The summed E-state index contributed by atoms with van der Waals surface area (Å²) in [4.78, 5) is 24.4. The fourth-order valence-corrected chi connectivity index (χ4v) is 2.22. The van der Waals surface area contributed by atoms with Crippen molar-refractivity contribution in [3.05, 3.63) is 71.3 Å². The van der Waals surface area contributed by atoms with Crippen LogP contribution in [0.25, 0.3) is 6.08 Å². The maximum absolute atomic E-state index is 12.4. The second-order valence-corrected chi connectivity index (χ2v) is 4.89. The van der Waals surface area contributed by atoms with Gasteiger partial charge in [-0.15, -0.1) is 0 Å². The van der Waals surface area contributed by atoms with Crippen molar-refractivity contribution < 1.29 is 9.59 Å². The number of carbonyl (C=O) groups is 2. The average Bonchev–Trinajstić information content (AvgIpc) is 2.76. The lowest BCUT2D eigenvalue weighted by Gasteiger charge is -2.14. The molecule has 0 spiro atoms. The second-order valence-electron chi connectivity index (χ2n) is 4.89. The molecule has 4 heteroatoms. The molecule has 2 amide bonds. The van der Waals surface area contributed by atoms with Crippen molar-refractivity contribution in [1.82, 2.24) is 5.43 Å². The molecule has 1 fully saturated rings. The standard InChI is InChI=1S/C17H14N2O2/c1-12-6-5-9-14(10-12)19-17(21)15(16(20)18-19)11-13-7-3-2-4-8-13/h2-11H,1H3,(H,18,20)/b15-11-. The predicted molar refractivity (Wildman–Crippen MR) is 81.2 cm³/mol. The first-order chi connectivity index (χ1) is 10.1. The third-order valence-corrected chi connectivity index (χ3v) is 3.26. The molecule has 21 heavy (non-hydrogen) atoms. The van der Waals surface area contributed by atoms with E-state index in [4.69, 9.17) is 0 Å². The molecule has 104 valence electrons. The maximum atomic E-state index is 12.4. The molecule has 0 unspecified atom stereocenters. The predicted octanol–water partition coefficient (Wildman–Crippen LogP) is 2.46. The number of aryl methyl sites for hydroxylation is 1. The van der Waals surface area contributed by atoms with Gasteiger partial charge in [-0.05, 0) is 36.3 Å². The van der Waals surface area contributed by atoms with E-state index in [1.54, 1.807) is 12.1 Å². The summed E-state index contributed by atoms with van der Waals surface area (Å²) in [6.07, 6.45) is 1.60. The van der Waals surface area contributed by atoms with E-state index in [0.717, 1.165) is 11.1 Å².